The first kappa shape index (κ1) is 17.9. The van der Waals surface area contributed by atoms with Crippen LogP contribution in [0.1, 0.15) is 54.9 Å². The third-order valence-electron chi connectivity index (χ3n) is 2.73. The van der Waals surface area contributed by atoms with Crippen molar-refractivity contribution in [3.8, 4) is 0 Å². The van der Waals surface area contributed by atoms with Crippen LogP contribution in [0.3, 0.4) is 0 Å². The van der Waals surface area contributed by atoms with Crippen LogP contribution in [0.4, 0.5) is 0 Å². The first-order valence-electron chi connectivity index (χ1n) is 7.12. The maximum absolute atomic E-state index is 5.73. The molecule has 0 spiro atoms. The molecule has 0 aromatic carbocycles. The van der Waals surface area contributed by atoms with Crippen molar-refractivity contribution in [1.82, 2.24) is 5.32 Å². The van der Waals surface area contributed by atoms with Gasteiger partial charge in [-0.2, -0.15) is 0 Å². The molecule has 0 heterocycles. The van der Waals surface area contributed by atoms with Gasteiger partial charge in [-0.3, -0.25) is 0 Å². The predicted molar refractivity (Wildman–Crippen MR) is 78.1 cm³/mol. The second kappa shape index (κ2) is 8.13. The maximum Gasteiger partial charge on any atom is 0.0707 e. The molecule has 110 valence electrons. The molecule has 3 heteroatoms. The zero-order chi connectivity index (χ0) is 14.2. The standard InChI is InChI=1S/C15H33NO2/c1-8-9-16-13(14(2,3)4)12-17-10-11-18-15(5,6)7/h13,16H,8-12H2,1-7H3. The van der Waals surface area contributed by atoms with Gasteiger partial charge in [0, 0.05) is 6.04 Å². The van der Waals surface area contributed by atoms with E-state index in [0.717, 1.165) is 19.6 Å². The van der Waals surface area contributed by atoms with Gasteiger partial charge < -0.3 is 14.8 Å². The average molecular weight is 259 g/mol. The summed E-state index contributed by atoms with van der Waals surface area (Å²) >= 11 is 0. The van der Waals surface area contributed by atoms with Gasteiger partial charge in [0.1, 0.15) is 0 Å². The van der Waals surface area contributed by atoms with Gasteiger partial charge in [0.05, 0.1) is 25.4 Å². The molecule has 1 N–H and O–H groups in total. The molecule has 0 saturated carbocycles. The molecule has 0 bridgehead atoms. The van der Waals surface area contributed by atoms with Crippen LogP contribution in [0.2, 0.25) is 0 Å². The van der Waals surface area contributed by atoms with E-state index in [4.69, 9.17) is 9.47 Å². The van der Waals surface area contributed by atoms with Crippen LogP contribution in [-0.4, -0.2) is 38.0 Å². The highest BCUT2D eigenvalue weighted by atomic mass is 16.5. The third-order valence-corrected chi connectivity index (χ3v) is 2.73. The predicted octanol–water partition coefficient (Wildman–Crippen LogP) is 3.23. The smallest absolute Gasteiger partial charge is 0.0707 e. The van der Waals surface area contributed by atoms with E-state index in [0.29, 0.717) is 19.3 Å². The van der Waals surface area contributed by atoms with Crippen LogP contribution in [0.5, 0.6) is 0 Å². The van der Waals surface area contributed by atoms with E-state index in [9.17, 15) is 0 Å². The van der Waals surface area contributed by atoms with E-state index >= 15 is 0 Å². The highest BCUT2D eigenvalue weighted by Gasteiger charge is 2.23. The van der Waals surface area contributed by atoms with Crippen LogP contribution < -0.4 is 5.32 Å². The van der Waals surface area contributed by atoms with Gasteiger partial charge in [-0.25, -0.2) is 0 Å². The molecule has 0 saturated heterocycles. The second-order valence-corrected chi connectivity index (χ2v) is 6.91. The minimum atomic E-state index is -0.0761. The minimum Gasteiger partial charge on any atom is -0.377 e. The van der Waals surface area contributed by atoms with E-state index in [1.165, 1.54) is 0 Å². The normalized spacial score (nSPS) is 14.8. The fraction of sp³-hybridized carbons (Fsp3) is 1.00. The molecule has 0 aromatic heterocycles. The Hall–Kier alpha value is -0.120. The molecule has 0 aromatic rings. The van der Waals surface area contributed by atoms with Crippen molar-refractivity contribution in [2.24, 2.45) is 5.41 Å². The van der Waals surface area contributed by atoms with Crippen molar-refractivity contribution >= 4 is 0 Å². The first-order valence-corrected chi connectivity index (χ1v) is 7.12. The van der Waals surface area contributed by atoms with Gasteiger partial charge in [-0.15, -0.1) is 0 Å². The van der Waals surface area contributed by atoms with Crippen molar-refractivity contribution in [2.45, 2.75) is 66.5 Å². The van der Waals surface area contributed by atoms with Crippen molar-refractivity contribution in [2.75, 3.05) is 26.4 Å². The summed E-state index contributed by atoms with van der Waals surface area (Å²) in [6, 6.07) is 0.395. The minimum absolute atomic E-state index is 0.0761. The quantitative estimate of drug-likeness (QED) is 0.679. The molecule has 0 rings (SSSR count). The van der Waals surface area contributed by atoms with Crippen molar-refractivity contribution in [1.29, 1.82) is 0 Å². The Morgan fingerprint density at radius 3 is 2.06 bits per heavy atom. The summed E-state index contributed by atoms with van der Waals surface area (Å²) in [5, 5.41) is 3.55. The largest absolute Gasteiger partial charge is 0.377 e. The number of rotatable bonds is 8. The third kappa shape index (κ3) is 9.86. The lowest BCUT2D eigenvalue weighted by Crippen LogP contribution is -2.44. The van der Waals surface area contributed by atoms with Crippen LogP contribution in [0.15, 0.2) is 0 Å². The van der Waals surface area contributed by atoms with Gasteiger partial charge in [0.15, 0.2) is 0 Å². The van der Waals surface area contributed by atoms with Crippen molar-refractivity contribution in [3.63, 3.8) is 0 Å². The number of nitrogens with one attached hydrogen (secondary N) is 1. The van der Waals surface area contributed by atoms with Crippen LogP contribution in [0.25, 0.3) is 0 Å². The van der Waals surface area contributed by atoms with E-state index in [1.807, 2.05) is 0 Å². The summed E-state index contributed by atoms with van der Waals surface area (Å²) in [7, 11) is 0. The fourth-order valence-corrected chi connectivity index (χ4v) is 1.54. The molecule has 0 radical (unpaired) electrons. The molecular weight excluding hydrogens is 226 g/mol. The molecule has 0 aliphatic carbocycles. The molecule has 0 fully saturated rings. The monoisotopic (exact) mass is 259 g/mol. The van der Waals surface area contributed by atoms with E-state index < -0.39 is 0 Å². The maximum atomic E-state index is 5.73. The molecule has 1 unspecified atom stereocenters. The Kier molecular flexibility index (Phi) is 8.08. The SMILES string of the molecule is CCCNC(COCCOC(C)(C)C)C(C)(C)C. The number of hydrogen-bond acceptors (Lipinski definition) is 3. The van der Waals surface area contributed by atoms with Crippen LogP contribution in [-0.2, 0) is 9.47 Å². The molecular formula is C15H33NO2. The number of hydrogen-bond donors (Lipinski definition) is 1. The fourth-order valence-electron chi connectivity index (χ4n) is 1.54. The Morgan fingerprint density at radius 1 is 1.00 bits per heavy atom. The molecule has 3 nitrogen and oxygen atoms in total. The van der Waals surface area contributed by atoms with E-state index in [2.05, 4.69) is 53.8 Å². The zero-order valence-corrected chi connectivity index (χ0v) is 13.4. The Bertz CT molecular complexity index is 204. The summed E-state index contributed by atoms with van der Waals surface area (Å²) in [5.41, 5.74) is 0.146. The summed E-state index contributed by atoms with van der Waals surface area (Å²) in [4.78, 5) is 0. The summed E-state index contributed by atoms with van der Waals surface area (Å²) < 4.78 is 11.4. The highest BCUT2D eigenvalue weighted by Crippen LogP contribution is 2.19. The molecule has 0 amide bonds. The van der Waals surface area contributed by atoms with Crippen molar-refractivity contribution in [3.05, 3.63) is 0 Å². The lowest BCUT2D eigenvalue weighted by Gasteiger charge is -2.31. The second-order valence-electron chi connectivity index (χ2n) is 6.91. The average Bonchev–Trinajstić information content (AvgIpc) is 2.18. The highest BCUT2D eigenvalue weighted by molar-refractivity contribution is 4.80. The number of ether oxygens (including phenoxy) is 2. The van der Waals surface area contributed by atoms with Gasteiger partial charge in [0.25, 0.3) is 0 Å². The summed E-state index contributed by atoms with van der Waals surface area (Å²) in [5.74, 6) is 0. The van der Waals surface area contributed by atoms with Gasteiger partial charge in [0.2, 0.25) is 0 Å². The summed E-state index contributed by atoms with van der Waals surface area (Å²) in [6.45, 7) is 18.2. The topological polar surface area (TPSA) is 30.5 Å². The van der Waals surface area contributed by atoms with E-state index in [-0.39, 0.29) is 11.0 Å². The lowest BCUT2D eigenvalue weighted by molar-refractivity contribution is -0.0410. The Morgan fingerprint density at radius 2 is 1.61 bits per heavy atom. The van der Waals surface area contributed by atoms with E-state index in [1.54, 1.807) is 0 Å². The molecule has 0 aliphatic heterocycles. The molecule has 18 heavy (non-hydrogen) atoms. The van der Waals surface area contributed by atoms with Gasteiger partial charge >= 0.3 is 0 Å². The zero-order valence-electron chi connectivity index (χ0n) is 13.4. The van der Waals surface area contributed by atoms with Gasteiger partial charge in [-0.05, 0) is 39.2 Å². The Balaban J connectivity index is 3.83. The van der Waals surface area contributed by atoms with Crippen molar-refractivity contribution < 1.29 is 9.47 Å². The van der Waals surface area contributed by atoms with Crippen LogP contribution in [0, 0.1) is 5.41 Å². The molecule has 1 atom stereocenters. The Labute approximate surface area is 114 Å². The van der Waals surface area contributed by atoms with Crippen LogP contribution >= 0.6 is 0 Å². The lowest BCUT2D eigenvalue weighted by atomic mass is 9.87. The summed E-state index contributed by atoms with van der Waals surface area (Å²) in [6.07, 6.45) is 1.15. The molecule has 0 aliphatic rings. The van der Waals surface area contributed by atoms with Gasteiger partial charge in [-0.1, -0.05) is 27.7 Å². The first-order chi connectivity index (χ1) is 8.17.